The van der Waals surface area contributed by atoms with Crippen molar-refractivity contribution >= 4 is 172 Å². The van der Waals surface area contributed by atoms with Crippen LogP contribution in [0.1, 0.15) is 0 Å². The van der Waals surface area contributed by atoms with Crippen LogP contribution in [-0.2, 0) is 0 Å². The zero-order chi connectivity index (χ0) is 91.7. The summed E-state index contributed by atoms with van der Waals surface area (Å²) in [7, 11) is 0. The molecule has 10 aromatic heterocycles. The van der Waals surface area contributed by atoms with Crippen LogP contribution in [0.2, 0.25) is 0 Å². The molecule has 10 heterocycles. The zero-order valence-electron chi connectivity index (χ0n) is 74.9. The molecule has 650 valence electrons. The Hall–Kier alpha value is -18.3. The van der Waals surface area contributed by atoms with E-state index >= 15 is 0 Å². The molecule has 14 heteroatoms. The highest BCUT2D eigenvalue weighted by Gasteiger charge is 2.30. The Morgan fingerprint density at radius 3 is 0.907 bits per heavy atom. The number of fused-ring (bicyclic) bond motifs is 26. The monoisotopic (exact) mass is 1820 g/mol. The van der Waals surface area contributed by atoms with Crippen molar-refractivity contribution in [3.05, 3.63) is 449 Å². The van der Waals surface area contributed by atoms with Gasteiger partial charge >= 0.3 is 0 Å². The normalized spacial score (nSPS) is 12.0. The predicted octanol–water partition coefficient (Wildman–Crippen LogP) is 32.9. The summed E-state index contributed by atoms with van der Waals surface area (Å²) < 4.78 is 14.2. The van der Waals surface area contributed by atoms with Crippen molar-refractivity contribution < 1.29 is 0 Å². The molecule has 0 N–H and O–H groups in total. The molecular weight excluding hydrogens is 1750 g/mol. The molecule has 0 aliphatic rings. The molecule has 140 heavy (non-hydrogen) atoms. The molecule has 29 aromatic rings. The quantitative estimate of drug-likeness (QED) is 0.105. The highest BCUT2D eigenvalue weighted by atomic mass is 32.1. The summed E-state index contributed by atoms with van der Waals surface area (Å²) in [5, 5.41) is 18.7. The van der Waals surface area contributed by atoms with Gasteiger partial charge in [-0.2, -0.15) is 0 Å². The maximum absolute atomic E-state index is 5.74. The van der Waals surface area contributed by atoms with E-state index in [9.17, 15) is 0 Å². The second-order valence-electron chi connectivity index (χ2n) is 36.0. The molecule has 0 unspecified atom stereocenters. The Balaban J connectivity index is 0.596. The van der Waals surface area contributed by atoms with Gasteiger partial charge in [0.25, 0.3) is 0 Å². The molecular formula is C126H74N12S2. The minimum atomic E-state index is 0.599. The van der Waals surface area contributed by atoms with Crippen LogP contribution in [0, 0.1) is 0 Å². The number of hydrogen-bond acceptors (Lipinski definition) is 10. The molecule has 0 spiro atoms. The summed E-state index contributed by atoms with van der Waals surface area (Å²) in [5.74, 6) is 4.01. The standard InChI is InChI=1S/C126H74N12S2/c1-8-32-76(33-9-1)99-69-100(77-34-10-2-11-35-77)128-123(127-99)84-60-63-86(64-61-84)135-107-55-31-28-52-93(107)115-89-48-22-24-50-91(89)117-97-67-95-87-46-26-29-53-105(87)136(109(95)73-111(97)139-121(117)119(115)135)113-71-103(80-40-16-5-17-41-80)130-125(133-113)83-58-56-75(57-59-83)85-62-65-94-108(66-85)138(114-72-104(81-42-18-6-19-43-81)129-124(134-114)82-44-20-7-21-45-82)120-116(94)90-49-23-25-51-92(90)118-98-68-96-88-47-27-30-54-106(88)137(110(96)74-112(98)140-122(118)120)126-131-101(78-36-12-3-13-37-78)70-102(132-126)79-38-14-4-15-39-79/h1-74H. The Bertz CT molecular complexity index is 9990. The number of benzene rings is 19. The largest absolute Gasteiger partial charge is 0.308 e. The Morgan fingerprint density at radius 2 is 0.464 bits per heavy atom. The van der Waals surface area contributed by atoms with Gasteiger partial charge < -0.3 is 4.57 Å². The van der Waals surface area contributed by atoms with Gasteiger partial charge in [-0.25, -0.2) is 39.9 Å². The molecule has 0 aliphatic carbocycles. The third-order valence-electron chi connectivity index (χ3n) is 28.0. The van der Waals surface area contributed by atoms with E-state index < -0.39 is 0 Å². The van der Waals surface area contributed by atoms with Crippen molar-refractivity contribution in [1.82, 2.24) is 58.1 Å². The molecule has 19 aromatic carbocycles. The number of rotatable bonds is 14. The lowest BCUT2D eigenvalue weighted by Gasteiger charge is -2.13. The van der Waals surface area contributed by atoms with E-state index in [2.05, 4.69) is 437 Å². The average Bonchev–Trinajstić information content (AvgIpc) is 1.53. The van der Waals surface area contributed by atoms with Crippen LogP contribution in [0.25, 0.3) is 285 Å². The highest BCUT2D eigenvalue weighted by molar-refractivity contribution is 7.27. The second-order valence-corrected chi connectivity index (χ2v) is 38.1. The van der Waals surface area contributed by atoms with Crippen LogP contribution < -0.4 is 0 Å². The van der Waals surface area contributed by atoms with Gasteiger partial charge in [-0.1, -0.05) is 352 Å². The predicted molar refractivity (Wildman–Crippen MR) is 581 cm³/mol. The smallest absolute Gasteiger partial charge is 0.235 e. The first-order valence-electron chi connectivity index (χ1n) is 47.1. The van der Waals surface area contributed by atoms with Crippen molar-refractivity contribution in [3.8, 4) is 136 Å². The first-order chi connectivity index (χ1) is 69.4. The van der Waals surface area contributed by atoms with Crippen LogP contribution in [0.4, 0.5) is 0 Å². The molecule has 0 atom stereocenters. The summed E-state index contributed by atoms with van der Waals surface area (Å²) in [6.45, 7) is 0. The molecule has 0 saturated carbocycles. The minimum absolute atomic E-state index is 0.599. The van der Waals surface area contributed by atoms with Crippen LogP contribution in [0.3, 0.4) is 0 Å². The maximum Gasteiger partial charge on any atom is 0.235 e. The minimum Gasteiger partial charge on any atom is -0.308 e. The summed E-state index contributed by atoms with van der Waals surface area (Å²) in [6.07, 6.45) is 0. The molecule has 0 radical (unpaired) electrons. The SMILES string of the molecule is c1ccc(-c2cc(-c3ccccc3)nc(-c3ccc(-n4c5ccccc5c5c6ccccc6c6c7cc8c9ccccc9n(-c9cc(-c%10ccccc%10)nc(-c%10ccc(-c%11ccc%12c%13c%14ccccc%14c%14c%15cc%16c%17ccccc%17n(-c%17nc(-c%18ccccc%18)cc(-c%18ccccc%18)n%17)c%16cc%15sc%14c%13n(-c%13cc(-c%14ccccc%14)nc(-c%14ccccc%14)n%13)c%12c%11)cc%10)n9)c8cc7sc6c54)cc3)n2)cc1. The van der Waals surface area contributed by atoms with E-state index in [1.165, 1.54) is 63.4 Å². The lowest BCUT2D eigenvalue weighted by Crippen LogP contribution is -2.03. The summed E-state index contributed by atoms with van der Waals surface area (Å²) in [6, 6.07) is 160. The summed E-state index contributed by atoms with van der Waals surface area (Å²) in [4.78, 5) is 43.9. The van der Waals surface area contributed by atoms with E-state index in [1.807, 2.05) is 53.0 Å². The molecule has 29 rings (SSSR count). The second kappa shape index (κ2) is 31.6. The van der Waals surface area contributed by atoms with Gasteiger partial charge in [0.2, 0.25) is 5.95 Å². The Morgan fingerprint density at radius 1 is 0.164 bits per heavy atom. The maximum atomic E-state index is 5.74. The van der Waals surface area contributed by atoms with E-state index in [-0.39, 0.29) is 0 Å². The molecule has 0 saturated heterocycles. The average molecular weight is 1820 g/mol. The van der Waals surface area contributed by atoms with Gasteiger partial charge in [0.15, 0.2) is 17.5 Å². The fourth-order valence-electron chi connectivity index (χ4n) is 21.6. The van der Waals surface area contributed by atoms with Crippen molar-refractivity contribution in [2.75, 3.05) is 0 Å². The van der Waals surface area contributed by atoms with Crippen LogP contribution in [-0.4, -0.2) is 58.1 Å². The van der Waals surface area contributed by atoms with Gasteiger partial charge in [-0.15, -0.1) is 22.7 Å². The van der Waals surface area contributed by atoms with Crippen molar-refractivity contribution in [2.45, 2.75) is 0 Å². The van der Waals surface area contributed by atoms with E-state index in [1.54, 1.807) is 0 Å². The van der Waals surface area contributed by atoms with Crippen molar-refractivity contribution in [3.63, 3.8) is 0 Å². The van der Waals surface area contributed by atoms with Crippen LogP contribution >= 0.6 is 22.7 Å². The van der Waals surface area contributed by atoms with Gasteiger partial charge in [0.1, 0.15) is 11.6 Å². The first kappa shape index (κ1) is 79.1. The first-order valence-corrected chi connectivity index (χ1v) is 48.7. The molecule has 0 aliphatic heterocycles. The Kier molecular flexibility index (Phi) is 17.9. The van der Waals surface area contributed by atoms with Crippen LogP contribution in [0.15, 0.2) is 449 Å². The van der Waals surface area contributed by atoms with Gasteiger partial charge in [0, 0.05) is 142 Å². The highest BCUT2D eigenvalue weighted by Crippen LogP contribution is 2.54. The van der Waals surface area contributed by atoms with Crippen molar-refractivity contribution in [2.24, 2.45) is 0 Å². The molecule has 0 bridgehead atoms. The topological polar surface area (TPSA) is 123 Å². The van der Waals surface area contributed by atoms with Crippen LogP contribution in [0.5, 0.6) is 0 Å². The Labute approximate surface area is 808 Å². The van der Waals surface area contributed by atoms with E-state index in [0.29, 0.717) is 23.4 Å². The van der Waals surface area contributed by atoms with Gasteiger partial charge in [-0.3, -0.25) is 13.7 Å². The third kappa shape index (κ3) is 12.6. The molecule has 0 fully saturated rings. The lowest BCUT2D eigenvalue weighted by atomic mass is 9.97. The van der Waals surface area contributed by atoms with E-state index in [4.69, 9.17) is 39.9 Å². The number of nitrogens with zero attached hydrogens (tertiary/aromatic N) is 12. The number of hydrogen-bond donors (Lipinski definition) is 0. The van der Waals surface area contributed by atoms with Gasteiger partial charge in [0.05, 0.1) is 87.7 Å². The number of thiophene rings is 2. The van der Waals surface area contributed by atoms with E-state index in [0.717, 1.165) is 198 Å². The number of aromatic nitrogens is 12. The number of para-hydroxylation sites is 3. The summed E-state index contributed by atoms with van der Waals surface area (Å²) >= 11 is 3.69. The fourth-order valence-corrected chi connectivity index (χ4v) is 24.2. The lowest BCUT2D eigenvalue weighted by molar-refractivity contribution is 0.996. The molecule has 0 amide bonds. The molecule has 12 nitrogen and oxygen atoms in total. The van der Waals surface area contributed by atoms with Crippen molar-refractivity contribution in [1.29, 1.82) is 0 Å². The van der Waals surface area contributed by atoms with Gasteiger partial charge in [-0.05, 0) is 118 Å². The third-order valence-corrected chi connectivity index (χ3v) is 30.3. The zero-order valence-corrected chi connectivity index (χ0v) is 76.5. The fraction of sp³-hybridized carbons (Fsp3) is 0. The summed E-state index contributed by atoms with van der Waals surface area (Å²) in [5.41, 5.74) is 25.5.